The van der Waals surface area contributed by atoms with E-state index in [1.165, 1.54) is 6.07 Å². The first kappa shape index (κ1) is 21.4. The number of H-pyrrole nitrogens is 1. The van der Waals surface area contributed by atoms with Gasteiger partial charge in [-0.05, 0) is 35.7 Å². The lowest BCUT2D eigenvalue weighted by atomic mass is 10.1. The molecular formula is C21H17BrClFN2O2S. The number of imidazole rings is 1. The van der Waals surface area contributed by atoms with E-state index >= 15 is 0 Å². The van der Waals surface area contributed by atoms with E-state index < -0.39 is 0 Å². The maximum atomic E-state index is 14.0. The molecule has 4 rings (SSSR count). The minimum atomic E-state index is -0.309. The van der Waals surface area contributed by atoms with Crippen molar-refractivity contribution < 1.29 is 13.9 Å². The second-order valence-electron chi connectivity index (χ2n) is 6.04. The molecular weight excluding hydrogens is 479 g/mol. The van der Waals surface area contributed by atoms with Crippen molar-refractivity contribution in [3.63, 3.8) is 0 Å². The average Bonchev–Trinajstić information content (AvgIpc) is 3.39. The number of hydrogen-bond donors (Lipinski definition) is 1. The number of aromatic nitrogens is 2. The van der Waals surface area contributed by atoms with Crippen molar-refractivity contribution in [2.75, 3.05) is 7.11 Å². The molecule has 0 saturated carbocycles. The highest BCUT2D eigenvalue weighted by molar-refractivity contribution is 9.10. The molecule has 0 aliphatic heterocycles. The Labute approximate surface area is 186 Å². The van der Waals surface area contributed by atoms with Gasteiger partial charge >= 0.3 is 0 Å². The summed E-state index contributed by atoms with van der Waals surface area (Å²) in [4.78, 5) is 7.76. The van der Waals surface area contributed by atoms with E-state index in [0.29, 0.717) is 21.5 Å². The average molecular weight is 496 g/mol. The SMILES string of the molecule is COc1cc(OCc2ccc(Br)cc2F)ccc1-c1cnc(-c2ccsc2)[nH]1.Cl. The van der Waals surface area contributed by atoms with Crippen LogP contribution in [0, 0.1) is 5.82 Å². The Kier molecular flexibility index (Phi) is 6.95. The molecule has 0 atom stereocenters. The first-order chi connectivity index (χ1) is 13.6. The van der Waals surface area contributed by atoms with Gasteiger partial charge in [-0.15, -0.1) is 12.4 Å². The third-order valence-corrected chi connectivity index (χ3v) is 5.42. The summed E-state index contributed by atoms with van der Waals surface area (Å²) in [6, 6.07) is 12.4. The number of halogens is 3. The summed E-state index contributed by atoms with van der Waals surface area (Å²) in [5.41, 5.74) is 3.26. The van der Waals surface area contributed by atoms with Gasteiger partial charge < -0.3 is 14.5 Å². The van der Waals surface area contributed by atoms with Gasteiger partial charge in [0.2, 0.25) is 0 Å². The third-order valence-electron chi connectivity index (χ3n) is 4.24. The van der Waals surface area contributed by atoms with Crippen LogP contribution in [0.3, 0.4) is 0 Å². The normalized spacial score (nSPS) is 10.4. The van der Waals surface area contributed by atoms with Crippen LogP contribution in [0.25, 0.3) is 22.6 Å². The van der Waals surface area contributed by atoms with E-state index in [0.717, 1.165) is 22.6 Å². The summed E-state index contributed by atoms with van der Waals surface area (Å²) in [5.74, 6) is 1.75. The van der Waals surface area contributed by atoms with E-state index in [4.69, 9.17) is 9.47 Å². The molecule has 4 nitrogen and oxygen atoms in total. The van der Waals surface area contributed by atoms with Crippen LogP contribution in [0.15, 0.2) is 63.9 Å². The van der Waals surface area contributed by atoms with Crippen LogP contribution < -0.4 is 9.47 Å². The van der Waals surface area contributed by atoms with Crippen molar-refractivity contribution >= 4 is 39.7 Å². The van der Waals surface area contributed by atoms with Crippen molar-refractivity contribution in [2.24, 2.45) is 0 Å². The number of rotatable bonds is 6. The maximum Gasteiger partial charge on any atom is 0.138 e. The Hall–Kier alpha value is -2.35. The van der Waals surface area contributed by atoms with Gasteiger partial charge in [0.05, 0.1) is 19.0 Å². The van der Waals surface area contributed by atoms with Gasteiger partial charge in [0.1, 0.15) is 29.7 Å². The summed E-state index contributed by atoms with van der Waals surface area (Å²) in [7, 11) is 1.60. The summed E-state index contributed by atoms with van der Waals surface area (Å²) in [5, 5.41) is 4.05. The fraction of sp³-hybridized carbons (Fsp3) is 0.0952. The lowest BCUT2D eigenvalue weighted by Gasteiger charge is -2.11. The summed E-state index contributed by atoms with van der Waals surface area (Å²) in [6.45, 7) is 0.133. The molecule has 0 spiro atoms. The third kappa shape index (κ3) is 4.80. The summed E-state index contributed by atoms with van der Waals surface area (Å²) < 4.78 is 25.9. The van der Waals surface area contributed by atoms with Crippen molar-refractivity contribution in [3.05, 3.63) is 75.3 Å². The molecule has 0 saturated heterocycles. The number of aromatic amines is 1. The fourth-order valence-electron chi connectivity index (χ4n) is 2.79. The van der Waals surface area contributed by atoms with Crippen molar-refractivity contribution in [2.45, 2.75) is 6.61 Å². The Morgan fingerprint density at radius 3 is 2.76 bits per heavy atom. The molecule has 1 N–H and O–H groups in total. The maximum absolute atomic E-state index is 14.0. The highest BCUT2D eigenvalue weighted by atomic mass is 79.9. The topological polar surface area (TPSA) is 47.1 Å². The molecule has 29 heavy (non-hydrogen) atoms. The lowest BCUT2D eigenvalue weighted by molar-refractivity contribution is 0.297. The molecule has 2 aromatic heterocycles. The van der Waals surface area contributed by atoms with Gasteiger partial charge in [0.15, 0.2) is 0 Å². The van der Waals surface area contributed by atoms with E-state index in [1.807, 2.05) is 29.0 Å². The zero-order valence-corrected chi connectivity index (χ0v) is 18.5. The van der Waals surface area contributed by atoms with Crippen LogP contribution in [-0.4, -0.2) is 17.1 Å². The van der Waals surface area contributed by atoms with Crippen molar-refractivity contribution in [1.29, 1.82) is 0 Å². The summed E-state index contributed by atoms with van der Waals surface area (Å²) in [6.07, 6.45) is 1.78. The van der Waals surface area contributed by atoms with E-state index in [-0.39, 0.29) is 24.8 Å². The minimum absolute atomic E-state index is 0. The molecule has 0 aliphatic carbocycles. The molecule has 0 amide bonds. The van der Waals surface area contributed by atoms with Gasteiger partial charge in [0.25, 0.3) is 0 Å². The second kappa shape index (κ2) is 9.43. The molecule has 2 aromatic carbocycles. The quantitative estimate of drug-likeness (QED) is 0.323. The molecule has 0 radical (unpaired) electrons. The van der Waals surface area contributed by atoms with Gasteiger partial charge in [-0.3, -0.25) is 0 Å². The van der Waals surface area contributed by atoms with Gasteiger partial charge in [-0.25, -0.2) is 9.37 Å². The smallest absolute Gasteiger partial charge is 0.138 e. The van der Waals surface area contributed by atoms with Crippen molar-refractivity contribution in [1.82, 2.24) is 9.97 Å². The highest BCUT2D eigenvalue weighted by Crippen LogP contribution is 2.34. The van der Waals surface area contributed by atoms with Crippen LogP contribution in [-0.2, 0) is 6.61 Å². The van der Waals surface area contributed by atoms with Crippen LogP contribution in [0.2, 0.25) is 0 Å². The van der Waals surface area contributed by atoms with Gasteiger partial charge in [0, 0.05) is 32.6 Å². The zero-order chi connectivity index (χ0) is 19.5. The van der Waals surface area contributed by atoms with Crippen molar-refractivity contribution in [3.8, 4) is 34.1 Å². The fourth-order valence-corrected chi connectivity index (χ4v) is 3.76. The van der Waals surface area contributed by atoms with Crippen LogP contribution in [0.4, 0.5) is 4.39 Å². The highest BCUT2D eigenvalue weighted by Gasteiger charge is 2.12. The van der Waals surface area contributed by atoms with E-state index in [2.05, 4.69) is 25.9 Å². The van der Waals surface area contributed by atoms with Crippen LogP contribution in [0.5, 0.6) is 11.5 Å². The largest absolute Gasteiger partial charge is 0.496 e. The molecule has 0 fully saturated rings. The molecule has 0 unspecified atom stereocenters. The first-order valence-electron chi connectivity index (χ1n) is 8.47. The number of thiophene rings is 1. The van der Waals surface area contributed by atoms with Gasteiger partial charge in [-0.2, -0.15) is 11.3 Å². The monoisotopic (exact) mass is 494 g/mol. The number of methoxy groups -OCH3 is 1. The summed E-state index contributed by atoms with van der Waals surface area (Å²) >= 11 is 4.87. The number of ether oxygens (including phenoxy) is 2. The molecule has 8 heteroatoms. The molecule has 4 aromatic rings. The molecule has 2 heterocycles. The Balaban J connectivity index is 0.00000240. The minimum Gasteiger partial charge on any atom is -0.496 e. The second-order valence-corrected chi connectivity index (χ2v) is 7.74. The predicted molar refractivity (Wildman–Crippen MR) is 120 cm³/mol. The first-order valence-corrected chi connectivity index (χ1v) is 10.2. The van der Waals surface area contributed by atoms with E-state index in [9.17, 15) is 4.39 Å². The van der Waals surface area contributed by atoms with Crippen LogP contribution >= 0.6 is 39.7 Å². The Bertz CT molecular complexity index is 1100. The van der Waals surface area contributed by atoms with Crippen LogP contribution in [0.1, 0.15) is 5.56 Å². The predicted octanol–water partition coefficient (Wildman–Crippen LogP) is 6.72. The van der Waals surface area contributed by atoms with E-state index in [1.54, 1.807) is 42.8 Å². The Morgan fingerprint density at radius 2 is 2.03 bits per heavy atom. The number of nitrogens with zero attached hydrogens (tertiary/aromatic N) is 1. The zero-order valence-electron chi connectivity index (χ0n) is 15.3. The molecule has 150 valence electrons. The standard InChI is InChI=1S/C21H16BrFN2O2S.ClH/c1-26-20-9-16(27-11-13-2-3-15(22)8-18(13)23)4-5-17(20)19-10-24-21(25-19)14-6-7-28-12-14;/h2-10,12H,11H2,1H3,(H,24,25);1H. The number of nitrogens with one attached hydrogen (secondary N) is 1. The Morgan fingerprint density at radius 1 is 1.17 bits per heavy atom. The lowest BCUT2D eigenvalue weighted by Crippen LogP contribution is -1.99. The molecule has 0 aliphatic rings. The number of hydrogen-bond acceptors (Lipinski definition) is 4. The number of benzene rings is 2. The molecule has 0 bridgehead atoms. The van der Waals surface area contributed by atoms with Gasteiger partial charge in [-0.1, -0.05) is 22.0 Å².